The molecule has 1 saturated heterocycles. The highest BCUT2D eigenvalue weighted by molar-refractivity contribution is 8.00. The van der Waals surface area contributed by atoms with Crippen molar-refractivity contribution in [2.75, 3.05) is 18.1 Å². The average molecular weight is 479 g/mol. The SMILES string of the molecule is CC1=C(C(=O)OCC(Cl)(Cl)Cl)N2C(=O)C(NC(=O)Cc3ccccc3N)[C@H]2SC1. The maximum absolute atomic E-state index is 12.7. The quantitative estimate of drug-likeness (QED) is 0.292. The van der Waals surface area contributed by atoms with Gasteiger partial charge in [0.05, 0.1) is 6.42 Å². The molecule has 0 aromatic heterocycles. The number of benzene rings is 1. The highest BCUT2D eigenvalue weighted by atomic mass is 35.6. The Hall–Kier alpha value is -1.61. The van der Waals surface area contributed by atoms with Gasteiger partial charge in [-0.1, -0.05) is 53.0 Å². The molecule has 0 saturated carbocycles. The minimum atomic E-state index is -1.75. The van der Waals surface area contributed by atoms with Gasteiger partial charge in [0.1, 0.15) is 23.7 Å². The fourth-order valence-corrected chi connectivity index (χ4v) is 4.53. The largest absolute Gasteiger partial charge is 0.456 e. The number of anilines is 1. The van der Waals surface area contributed by atoms with Crippen LogP contribution in [0.5, 0.6) is 0 Å². The lowest BCUT2D eigenvalue weighted by molar-refractivity contribution is -0.152. The maximum atomic E-state index is 12.7. The van der Waals surface area contributed by atoms with E-state index < -0.39 is 33.7 Å². The van der Waals surface area contributed by atoms with Crippen molar-refractivity contribution in [2.24, 2.45) is 0 Å². The fourth-order valence-electron chi connectivity index (χ4n) is 3.07. The van der Waals surface area contributed by atoms with Crippen LogP contribution in [0.2, 0.25) is 0 Å². The third-order valence-corrected chi connectivity index (χ3v) is 6.19. The monoisotopic (exact) mass is 477 g/mol. The molecule has 2 atom stereocenters. The Morgan fingerprint density at radius 3 is 2.69 bits per heavy atom. The number of alkyl halides is 3. The van der Waals surface area contributed by atoms with Gasteiger partial charge in [0.15, 0.2) is 0 Å². The number of amides is 2. The van der Waals surface area contributed by atoms with Gasteiger partial charge in [-0.05, 0) is 24.1 Å². The molecule has 1 aromatic rings. The zero-order chi connectivity index (χ0) is 21.3. The van der Waals surface area contributed by atoms with E-state index in [0.717, 1.165) is 0 Å². The first-order valence-corrected chi connectivity index (χ1v) is 10.8. The molecule has 11 heteroatoms. The number of carbonyl (C=O) groups is 3. The Morgan fingerprint density at radius 1 is 1.34 bits per heavy atom. The second-order valence-electron chi connectivity index (χ2n) is 6.65. The van der Waals surface area contributed by atoms with Crippen molar-refractivity contribution in [3.63, 3.8) is 0 Å². The summed E-state index contributed by atoms with van der Waals surface area (Å²) in [5, 5.41) is 2.32. The van der Waals surface area contributed by atoms with Gasteiger partial charge in [-0.2, -0.15) is 0 Å². The van der Waals surface area contributed by atoms with Crippen LogP contribution in [0.15, 0.2) is 35.5 Å². The van der Waals surface area contributed by atoms with E-state index in [1.807, 2.05) is 0 Å². The Labute approximate surface area is 186 Å². The van der Waals surface area contributed by atoms with E-state index in [2.05, 4.69) is 5.32 Å². The van der Waals surface area contributed by atoms with Crippen LogP contribution in [0.25, 0.3) is 0 Å². The predicted molar refractivity (Wildman–Crippen MR) is 114 cm³/mol. The number of hydrogen-bond donors (Lipinski definition) is 2. The maximum Gasteiger partial charge on any atom is 0.355 e. The Bertz CT molecular complexity index is 887. The lowest BCUT2D eigenvalue weighted by Gasteiger charge is -2.49. The van der Waals surface area contributed by atoms with Gasteiger partial charge in [0.2, 0.25) is 9.70 Å². The molecular weight excluding hydrogens is 461 g/mol. The first-order chi connectivity index (χ1) is 13.6. The van der Waals surface area contributed by atoms with Crippen molar-refractivity contribution in [1.82, 2.24) is 10.2 Å². The molecular formula is C18H18Cl3N3O4S. The molecule has 1 unspecified atom stereocenters. The van der Waals surface area contributed by atoms with Crippen molar-refractivity contribution in [3.8, 4) is 0 Å². The standard InChI is InChI=1S/C18H18Cl3N3O4S/c1-9-7-29-16-13(23-12(25)6-10-4-2-3-5-11(10)22)15(26)24(16)14(9)17(27)28-8-18(19,20)21/h2-5,13,16H,6-8,22H2,1H3,(H,23,25)/t13?,16-/m1/s1. The van der Waals surface area contributed by atoms with E-state index in [1.165, 1.54) is 16.7 Å². The van der Waals surface area contributed by atoms with Crippen LogP contribution < -0.4 is 11.1 Å². The van der Waals surface area contributed by atoms with Gasteiger partial charge >= 0.3 is 5.97 Å². The van der Waals surface area contributed by atoms with Crippen LogP contribution in [0.1, 0.15) is 12.5 Å². The number of rotatable bonds is 5. The topological polar surface area (TPSA) is 102 Å². The van der Waals surface area contributed by atoms with Crippen molar-refractivity contribution in [1.29, 1.82) is 0 Å². The van der Waals surface area contributed by atoms with E-state index in [0.29, 0.717) is 22.6 Å². The minimum absolute atomic E-state index is 0.0564. The summed E-state index contributed by atoms with van der Waals surface area (Å²) in [5.41, 5.74) is 7.85. The van der Waals surface area contributed by atoms with Gasteiger partial charge in [0, 0.05) is 11.4 Å². The number of nitrogens with zero attached hydrogens (tertiary/aromatic N) is 1. The second-order valence-corrected chi connectivity index (χ2v) is 10.3. The van der Waals surface area contributed by atoms with Crippen LogP contribution >= 0.6 is 46.6 Å². The molecule has 156 valence electrons. The van der Waals surface area contributed by atoms with Crippen LogP contribution in [-0.4, -0.2) is 50.3 Å². The van der Waals surface area contributed by atoms with Gasteiger partial charge < -0.3 is 15.8 Å². The number of nitrogen functional groups attached to an aromatic ring is 1. The van der Waals surface area contributed by atoms with Crippen LogP contribution in [0.4, 0.5) is 5.69 Å². The predicted octanol–water partition coefficient (Wildman–Crippen LogP) is 2.40. The summed E-state index contributed by atoms with van der Waals surface area (Å²) in [6.07, 6.45) is 0.0564. The number of para-hydroxylation sites is 1. The lowest BCUT2D eigenvalue weighted by atomic mass is 10.0. The molecule has 0 bridgehead atoms. The third kappa shape index (κ3) is 4.94. The van der Waals surface area contributed by atoms with E-state index >= 15 is 0 Å². The highest BCUT2D eigenvalue weighted by Gasteiger charge is 2.54. The number of fused-ring (bicyclic) bond motifs is 1. The van der Waals surface area contributed by atoms with Crippen molar-refractivity contribution in [3.05, 3.63) is 41.1 Å². The lowest BCUT2D eigenvalue weighted by Crippen LogP contribution is -2.70. The van der Waals surface area contributed by atoms with Crippen LogP contribution in [0.3, 0.4) is 0 Å². The Balaban J connectivity index is 1.65. The van der Waals surface area contributed by atoms with Crippen LogP contribution in [-0.2, 0) is 25.5 Å². The minimum Gasteiger partial charge on any atom is -0.456 e. The third-order valence-electron chi connectivity index (χ3n) is 4.44. The molecule has 0 spiro atoms. The molecule has 3 N–H and O–H groups in total. The Kier molecular flexibility index (Phi) is 6.57. The van der Waals surface area contributed by atoms with Crippen molar-refractivity contribution >= 4 is 70.0 Å². The first-order valence-electron chi connectivity index (χ1n) is 8.59. The summed E-state index contributed by atoms with van der Waals surface area (Å²) < 4.78 is 3.28. The fraction of sp³-hybridized carbons (Fsp3) is 0.389. The van der Waals surface area contributed by atoms with Gasteiger partial charge in [0.25, 0.3) is 5.91 Å². The van der Waals surface area contributed by atoms with Gasteiger partial charge in [-0.15, -0.1) is 11.8 Å². The van der Waals surface area contributed by atoms with Gasteiger partial charge in [-0.3, -0.25) is 14.5 Å². The molecule has 1 aromatic carbocycles. The number of ether oxygens (including phenoxy) is 1. The Morgan fingerprint density at radius 2 is 2.03 bits per heavy atom. The summed E-state index contributed by atoms with van der Waals surface area (Å²) in [6.45, 7) is 1.29. The second kappa shape index (κ2) is 8.63. The normalized spacial score (nSPS) is 21.4. The zero-order valence-corrected chi connectivity index (χ0v) is 18.4. The number of nitrogens with two attached hydrogens (primary N) is 1. The van der Waals surface area contributed by atoms with E-state index in [-0.39, 0.29) is 18.0 Å². The smallest absolute Gasteiger partial charge is 0.355 e. The molecule has 0 aliphatic carbocycles. The number of halogens is 3. The summed E-state index contributed by atoms with van der Waals surface area (Å²) in [7, 11) is 0. The molecule has 7 nitrogen and oxygen atoms in total. The average Bonchev–Trinajstić information content (AvgIpc) is 2.65. The molecule has 2 aliphatic heterocycles. The number of thioether (sulfide) groups is 1. The van der Waals surface area contributed by atoms with Gasteiger partial charge in [-0.25, -0.2) is 4.79 Å². The van der Waals surface area contributed by atoms with Crippen molar-refractivity contribution < 1.29 is 19.1 Å². The highest BCUT2D eigenvalue weighted by Crippen LogP contribution is 2.40. The molecule has 29 heavy (non-hydrogen) atoms. The summed E-state index contributed by atoms with van der Waals surface area (Å²) in [6, 6.07) is 6.29. The number of carbonyl (C=O) groups excluding carboxylic acids is 3. The number of esters is 1. The molecule has 2 heterocycles. The summed E-state index contributed by atoms with van der Waals surface area (Å²) in [4.78, 5) is 38.8. The number of hydrogen-bond acceptors (Lipinski definition) is 6. The van der Waals surface area contributed by atoms with E-state index in [1.54, 1.807) is 31.2 Å². The van der Waals surface area contributed by atoms with E-state index in [4.69, 9.17) is 45.3 Å². The molecule has 1 fully saturated rings. The number of β-lactam (4-membered cyclic amide) rings is 1. The zero-order valence-electron chi connectivity index (χ0n) is 15.3. The van der Waals surface area contributed by atoms with E-state index in [9.17, 15) is 14.4 Å². The number of nitrogens with one attached hydrogen (secondary N) is 1. The summed E-state index contributed by atoms with van der Waals surface area (Å²) in [5.74, 6) is -0.954. The molecule has 0 radical (unpaired) electrons. The molecule has 2 aliphatic rings. The summed E-state index contributed by atoms with van der Waals surface area (Å²) >= 11 is 18.3. The van der Waals surface area contributed by atoms with Crippen LogP contribution in [0, 0.1) is 0 Å². The molecule has 3 rings (SSSR count). The van der Waals surface area contributed by atoms with Crippen molar-refractivity contribution in [2.45, 2.75) is 28.6 Å². The molecule has 2 amide bonds. The first kappa shape index (κ1) is 22.1.